The predicted molar refractivity (Wildman–Crippen MR) is 58.4 cm³/mol. The maximum absolute atomic E-state index is 12.2. The minimum atomic E-state index is -5.47. The molecule has 0 radical (unpaired) electrons. The van der Waals surface area contributed by atoms with E-state index >= 15 is 0 Å². The third-order valence-corrected chi connectivity index (χ3v) is 3.70. The van der Waals surface area contributed by atoms with E-state index in [2.05, 4.69) is 0 Å². The molecule has 0 saturated carbocycles. The van der Waals surface area contributed by atoms with Crippen molar-refractivity contribution in [2.24, 2.45) is 0 Å². The number of hydrogen-bond acceptors (Lipinski definition) is 3. The van der Waals surface area contributed by atoms with E-state index in [1.54, 1.807) is 6.07 Å². The standard InChI is InChI=1S/C10H10F3NO3S/c1-14(18(16,17)10(11,12)13)7-9(15)8-5-3-2-4-6-8/h2-6H,7H2,1H3. The Morgan fingerprint density at radius 1 is 1.22 bits per heavy atom. The lowest BCUT2D eigenvalue weighted by molar-refractivity contribution is -0.0480. The summed E-state index contributed by atoms with van der Waals surface area (Å²) < 4.78 is 58.5. The van der Waals surface area contributed by atoms with Gasteiger partial charge in [0.05, 0.1) is 6.54 Å². The van der Waals surface area contributed by atoms with Crippen LogP contribution in [-0.2, 0) is 10.0 Å². The minimum Gasteiger partial charge on any atom is -0.293 e. The average Bonchev–Trinajstić information content (AvgIpc) is 2.28. The highest BCUT2D eigenvalue weighted by molar-refractivity contribution is 7.90. The van der Waals surface area contributed by atoms with Crippen molar-refractivity contribution in [3.05, 3.63) is 35.9 Å². The monoisotopic (exact) mass is 281 g/mol. The van der Waals surface area contributed by atoms with Crippen molar-refractivity contribution in [3.63, 3.8) is 0 Å². The SMILES string of the molecule is CN(CC(=O)c1ccccc1)S(=O)(=O)C(F)(F)F. The van der Waals surface area contributed by atoms with Crippen LogP contribution in [0.15, 0.2) is 30.3 Å². The van der Waals surface area contributed by atoms with Gasteiger partial charge >= 0.3 is 15.5 Å². The summed E-state index contributed by atoms with van der Waals surface area (Å²) in [6.07, 6.45) is 0. The van der Waals surface area contributed by atoms with Gasteiger partial charge in [-0.1, -0.05) is 30.3 Å². The molecular weight excluding hydrogens is 271 g/mol. The molecule has 100 valence electrons. The number of hydrogen-bond donors (Lipinski definition) is 0. The molecule has 0 amide bonds. The molecule has 0 aliphatic heterocycles. The highest BCUT2D eigenvalue weighted by atomic mass is 32.2. The van der Waals surface area contributed by atoms with Gasteiger partial charge < -0.3 is 0 Å². The second kappa shape index (κ2) is 5.07. The first-order chi connectivity index (χ1) is 8.16. The lowest BCUT2D eigenvalue weighted by Crippen LogP contribution is -2.40. The first-order valence-corrected chi connectivity index (χ1v) is 6.21. The van der Waals surface area contributed by atoms with Gasteiger partial charge in [0.25, 0.3) is 0 Å². The number of carbonyl (C=O) groups excluding carboxylic acids is 1. The number of Topliss-reactive ketones (excluding diaryl/α,β-unsaturated/α-hetero) is 1. The fourth-order valence-electron chi connectivity index (χ4n) is 1.18. The number of rotatable bonds is 4. The van der Waals surface area contributed by atoms with Crippen molar-refractivity contribution < 1.29 is 26.4 Å². The van der Waals surface area contributed by atoms with Crippen LogP contribution in [0.4, 0.5) is 13.2 Å². The summed E-state index contributed by atoms with van der Waals surface area (Å²) >= 11 is 0. The number of halogens is 3. The van der Waals surface area contributed by atoms with Gasteiger partial charge in [-0.3, -0.25) is 4.79 Å². The Bertz CT molecular complexity index is 525. The Morgan fingerprint density at radius 2 is 1.72 bits per heavy atom. The van der Waals surface area contributed by atoms with Gasteiger partial charge in [0.1, 0.15) is 0 Å². The zero-order chi connectivity index (χ0) is 14.0. The van der Waals surface area contributed by atoms with Crippen LogP contribution in [0.1, 0.15) is 10.4 Å². The number of carbonyl (C=O) groups is 1. The van der Waals surface area contributed by atoms with E-state index in [1.807, 2.05) is 0 Å². The minimum absolute atomic E-state index is 0.0116. The first-order valence-electron chi connectivity index (χ1n) is 4.77. The zero-order valence-corrected chi connectivity index (χ0v) is 10.1. The van der Waals surface area contributed by atoms with Gasteiger partial charge in [0, 0.05) is 12.6 Å². The summed E-state index contributed by atoms with van der Waals surface area (Å²) in [4.78, 5) is 11.6. The Hall–Kier alpha value is -1.41. The fraction of sp³-hybridized carbons (Fsp3) is 0.300. The van der Waals surface area contributed by atoms with Crippen LogP contribution in [0.2, 0.25) is 0 Å². The van der Waals surface area contributed by atoms with Crippen LogP contribution in [0.25, 0.3) is 0 Å². The quantitative estimate of drug-likeness (QED) is 0.789. The van der Waals surface area contributed by atoms with Crippen LogP contribution in [0.5, 0.6) is 0 Å². The summed E-state index contributed by atoms with van der Waals surface area (Å²) in [7, 11) is -4.76. The Balaban J connectivity index is 2.85. The Labute approximate surface area is 102 Å². The van der Waals surface area contributed by atoms with Crippen LogP contribution in [0, 0.1) is 0 Å². The van der Waals surface area contributed by atoms with E-state index < -0.39 is 27.9 Å². The summed E-state index contributed by atoms with van der Waals surface area (Å²) in [5, 5.41) is 0. The molecule has 0 atom stereocenters. The maximum atomic E-state index is 12.2. The summed E-state index contributed by atoms with van der Waals surface area (Å²) in [6.45, 7) is -0.855. The van der Waals surface area contributed by atoms with Gasteiger partial charge in [-0.2, -0.15) is 17.5 Å². The lowest BCUT2D eigenvalue weighted by atomic mass is 10.1. The molecule has 0 bridgehead atoms. The van der Waals surface area contributed by atoms with E-state index in [1.165, 1.54) is 24.3 Å². The van der Waals surface area contributed by atoms with Crippen molar-refractivity contribution in [2.75, 3.05) is 13.6 Å². The lowest BCUT2D eigenvalue weighted by Gasteiger charge is -2.17. The summed E-state index contributed by atoms with van der Waals surface area (Å²) in [6, 6.07) is 7.50. The Morgan fingerprint density at radius 3 is 2.17 bits per heavy atom. The Kier molecular flexibility index (Phi) is 4.12. The highest BCUT2D eigenvalue weighted by Crippen LogP contribution is 2.25. The third kappa shape index (κ3) is 3.08. The molecule has 0 aliphatic carbocycles. The van der Waals surface area contributed by atoms with Crippen molar-refractivity contribution in [2.45, 2.75) is 5.51 Å². The molecule has 1 rings (SSSR count). The second-order valence-electron chi connectivity index (χ2n) is 3.50. The topological polar surface area (TPSA) is 54.5 Å². The first kappa shape index (κ1) is 14.7. The number of benzene rings is 1. The molecule has 1 aromatic carbocycles. The number of ketones is 1. The average molecular weight is 281 g/mol. The predicted octanol–water partition coefficient (Wildman–Crippen LogP) is 1.65. The third-order valence-electron chi connectivity index (χ3n) is 2.16. The number of likely N-dealkylation sites (N-methyl/N-ethyl adjacent to an activating group) is 1. The van der Waals surface area contributed by atoms with Crippen LogP contribution < -0.4 is 0 Å². The van der Waals surface area contributed by atoms with Crippen LogP contribution >= 0.6 is 0 Å². The molecule has 0 unspecified atom stereocenters. The molecule has 4 nitrogen and oxygen atoms in total. The summed E-state index contributed by atoms with van der Waals surface area (Å²) in [5.41, 5.74) is -5.25. The van der Waals surface area contributed by atoms with E-state index in [9.17, 15) is 26.4 Å². The van der Waals surface area contributed by atoms with Crippen molar-refractivity contribution in [1.29, 1.82) is 0 Å². The maximum Gasteiger partial charge on any atom is 0.511 e. The van der Waals surface area contributed by atoms with E-state index in [-0.39, 0.29) is 9.87 Å². The zero-order valence-electron chi connectivity index (χ0n) is 9.31. The normalized spacial score (nSPS) is 12.7. The summed E-state index contributed by atoms with van der Waals surface area (Å²) in [5.74, 6) is -0.703. The smallest absolute Gasteiger partial charge is 0.293 e. The molecule has 0 aliphatic rings. The molecule has 0 fully saturated rings. The van der Waals surface area contributed by atoms with Gasteiger partial charge in [-0.05, 0) is 0 Å². The largest absolute Gasteiger partial charge is 0.511 e. The second-order valence-corrected chi connectivity index (χ2v) is 5.53. The van der Waals surface area contributed by atoms with Crippen molar-refractivity contribution >= 4 is 15.8 Å². The van der Waals surface area contributed by atoms with Gasteiger partial charge in [-0.25, -0.2) is 8.42 Å². The molecule has 0 spiro atoms. The number of alkyl halides is 3. The molecule has 0 aromatic heterocycles. The van der Waals surface area contributed by atoms with E-state index in [0.717, 1.165) is 0 Å². The highest BCUT2D eigenvalue weighted by Gasteiger charge is 2.49. The molecule has 1 aromatic rings. The van der Waals surface area contributed by atoms with E-state index in [0.29, 0.717) is 7.05 Å². The molecule has 18 heavy (non-hydrogen) atoms. The van der Waals surface area contributed by atoms with Gasteiger partial charge in [-0.15, -0.1) is 0 Å². The molecule has 0 saturated heterocycles. The number of nitrogens with zero attached hydrogens (tertiary/aromatic N) is 1. The van der Waals surface area contributed by atoms with Crippen LogP contribution in [0.3, 0.4) is 0 Å². The molecule has 0 N–H and O–H groups in total. The van der Waals surface area contributed by atoms with Crippen molar-refractivity contribution in [3.8, 4) is 0 Å². The van der Waals surface area contributed by atoms with Crippen molar-refractivity contribution in [1.82, 2.24) is 4.31 Å². The van der Waals surface area contributed by atoms with Crippen LogP contribution in [-0.4, -0.2) is 37.6 Å². The molecular formula is C10H10F3NO3S. The van der Waals surface area contributed by atoms with E-state index in [4.69, 9.17) is 0 Å². The molecule has 8 heteroatoms. The number of sulfonamides is 1. The fourth-order valence-corrected chi connectivity index (χ4v) is 1.82. The van der Waals surface area contributed by atoms with Gasteiger partial charge in [0.15, 0.2) is 5.78 Å². The molecule has 0 heterocycles. The van der Waals surface area contributed by atoms with Gasteiger partial charge in [0.2, 0.25) is 0 Å².